The van der Waals surface area contributed by atoms with Gasteiger partial charge >= 0.3 is 0 Å². The fraction of sp³-hybridized carbons (Fsp3) is 0.333. The van der Waals surface area contributed by atoms with Gasteiger partial charge in [0.2, 0.25) is 5.91 Å². The van der Waals surface area contributed by atoms with E-state index in [1.165, 1.54) is 0 Å². The van der Waals surface area contributed by atoms with Crippen molar-refractivity contribution in [2.75, 3.05) is 37.7 Å². The van der Waals surface area contributed by atoms with Gasteiger partial charge in [0.15, 0.2) is 0 Å². The van der Waals surface area contributed by atoms with E-state index in [9.17, 15) is 14.4 Å². The predicted octanol–water partition coefficient (Wildman–Crippen LogP) is 1.22. The number of aromatic nitrogens is 1. The molecule has 8 heteroatoms. The molecule has 1 aromatic heterocycles. The second kappa shape index (κ2) is 8.40. The lowest BCUT2D eigenvalue weighted by molar-refractivity contribution is -0.121. The number of benzene rings is 1. The number of nitrogens with zero attached hydrogens (tertiary/aromatic N) is 3. The van der Waals surface area contributed by atoms with Gasteiger partial charge in [-0.05, 0) is 23.8 Å². The zero-order chi connectivity index (χ0) is 20.2. The minimum atomic E-state index is -0.346. The van der Waals surface area contributed by atoms with Gasteiger partial charge in [0.1, 0.15) is 5.82 Å². The fourth-order valence-corrected chi connectivity index (χ4v) is 3.45. The zero-order valence-electron chi connectivity index (χ0n) is 16.0. The van der Waals surface area contributed by atoms with Crippen LogP contribution in [-0.4, -0.2) is 60.5 Å². The molecule has 3 amide bonds. The van der Waals surface area contributed by atoms with E-state index in [2.05, 4.69) is 15.2 Å². The highest BCUT2D eigenvalue weighted by atomic mass is 16.5. The Balaban J connectivity index is 1.25. The first-order chi connectivity index (χ1) is 14.1. The lowest BCUT2D eigenvalue weighted by Crippen LogP contribution is -2.36. The third-order valence-electron chi connectivity index (χ3n) is 5.07. The van der Waals surface area contributed by atoms with Crippen LogP contribution in [0.5, 0.6) is 0 Å². The maximum Gasteiger partial charge on any atom is 0.261 e. The number of hydrogen-bond donors (Lipinski definition) is 1. The van der Waals surface area contributed by atoms with Crippen LogP contribution in [0.1, 0.15) is 32.7 Å². The monoisotopic (exact) mass is 394 g/mol. The van der Waals surface area contributed by atoms with Crippen molar-refractivity contribution in [2.45, 2.75) is 13.0 Å². The van der Waals surface area contributed by atoms with Crippen LogP contribution < -0.4 is 10.2 Å². The number of carbonyl (C=O) groups excluding carboxylic acids is 3. The zero-order valence-corrected chi connectivity index (χ0v) is 16.0. The number of carbonyl (C=O) groups is 3. The molecule has 4 rings (SSSR count). The molecule has 0 atom stereocenters. The lowest BCUT2D eigenvalue weighted by atomic mass is 10.1. The first-order valence-corrected chi connectivity index (χ1v) is 9.63. The van der Waals surface area contributed by atoms with Gasteiger partial charge in [-0.2, -0.15) is 0 Å². The highest BCUT2D eigenvalue weighted by Crippen LogP contribution is 2.22. The van der Waals surface area contributed by atoms with E-state index in [0.29, 0.717) is 30.9 Å². The number of ether oxygens (including phenoxy) is 1. The van der Waals surface area contributed by atoms with Crippen molar-refractivity contribution < 1.29 is 19.1 Å². The Morgan fingerprint density at radius 3 is 2.34 bits per heavy atom. The number of hydrogen-bond acceptors (Lipinski definition) is 6. The molecular formula is C21H22N4O4. The van der Waals surface area contributed by atoms with Gasteiger partial charge in [-0.15, -0.1) is 0 Å². The van der Waals surface area contributed by atoms with Crippen molar-refractivity contribution in [3.63, 3.8) is 0 Å². The summed E-state index contributed by atoms with van der Waals surface area (Å²) in [6, 6.07) is 10.6. The van der Waals surface area contributed by atoms with Crippen LogP contribution >= 0.6 is 0 Å². The predicted molar refractivity (Wildman–Crippen MR) is 106 cm³/mol. The summed E-state index contributed by atoms with van der Waals surface area (Å²) in [6.45, 7) is 3.45. The molecule has 0 aliphatic carbocycles. The Morgan fingerprint density at radius 1 is 1.03 bits per heavy atom. The molecular weight excluding hydrogens is 372 g/mol. The van der Waals surface area contributed by atoms with Gasteiger partial charge in [0, 0.05) is 38.8 Å². The lowest BCUT2D eigenvalue weighted by Gasteiger charge is -2.27. The summed E-state index contributed by atoms with van der Waals surface area (Å²) in [6.07, 6.45) is 1.81. The molecule has 3 heterocycles. The van der Waals surface area contributed by atoms with Gasteiger partial charge in [0.05, 0.1) is 24.3 Å². The first-order valence-electron chi connectivity index (χ1n) is 9.63. The Hall–Kier alpha value is -3.26. The summed E-state index contributed by atoms with van der Waals surface area (Å²) in [4.78, 5) is 44.5. The average Bonchev–Trinajstić information content (AvgIpc) is 3.02. The van der Waals surface area contributed by atoms with E-state index in [1.54, 1.807) is 30.5 Å². The van der Waals surface area contributed by atoms with Gasteiger partial charge < -0.3 is 15.0 Å². The Kier molecular flexibility index (Phi) is 5.53. The summed E-state index contributed by atoms with van der Waals surface area (Å²) in [5, 5.41) is 2.81. The smallest absolute Gasteiger partial charge is 0.261 e. The number of pyridine rings is 1. The summed E-state index contributed by atoms with van der Waals surface area (Å²) < 4.78 is 5.34. The molecule has 1 aromatic carbocycles. The molecule has 0 spiro atoms. The quantitative estimate of drug-likeness (QED) is 0.741. The maximum atomic E-state index is 12.3. The molecule has 2 aliphatic heterocycles. The number of fused-ring (bicyclic) bond motifs is 1. The molecule has 1 N–H and O–H groups in total. The van der Waals surface area contributed by atoms with Gasteiger partial charge in [-0.3, -0.25) is 19.3 Å². The molecule has 1 fully saturated rings. The third kappa shape index (κ3) is 4.12. The van der Waals surface area contributed by atoms with Crippen molar-refractivity contribution in [3.05, 3.63) is 59.3 Å². The number of anilines is 1. The summed E-state index contributed by atoms with van der Waals surface area (Å²) >= 11 is 0. The standard InChI is InChI=1S/C21H22N4O4/c26-19(7-8-25-20(27)16-3-1-2-4-17(16)21(25)28)23-14-15-5-6-18(22-13-15)24-9-11-29-12-10-24/h1-6,13H,7-12,14H2,(H,23,26). The van der Waals surface area contributed by atoms with E-state index < -0.39 is 0 Å². The van der Waals surface area contributed by atoms with Crippen molar-refractivity contribution in [1.29, 1.82) is 0 Å². The molecule has 1 saturated heterocycles. The summed E-state index contributed by atoms with van der Waals surface area (Å²) in [5.74, 6) is -0.0181. The van der Waals surface area contributed by atoms with E-state index in [-0.39, 0.29) is 30.7 Å². The van der Waals surface area contributed by atoms with Crippen LogP contribution in [0.15, 0.2) is 42.6 Å². The van der Waals surface area contributed by atoms with E-state index in [1.807, 2.05) is 12.1 Å². The second-order valence-corrected chi connectivity index (χ2v) is 6.96. The Labute approximate surface area is 168 Å². The molecule has 0 saturated carbocycles. The van der Waals surface area contributed by atoms with E-state index in [0.717, 1.165) is 29.4 Å². The normalized spacial score (nSPS) is 16.1. The van der Waals surface area contributed by atoms with Crippen LogP contribution in [0.2, 0.25) is 0 Å². The first kappa shape index (κ1) is 19.1. The third-order valence-corrected chi connectivity index (χ3v) is 5.07. The second-order valence-electron chi connectivity index (χ2n) is 6.96. The highest BCUT2D eigenvalue weighted by molar-refractivity contribution is 6.21. The van der Waals surface area contributed by atoms with Gasteiger partial charge in [0.25, 0.3) is 11.8 Å². The summed E-state index contributed by atoms with van der Waals surface area (Å²) in [5.41, 5.74) is 1.67. The van der Waals surface area contributed by atoms with Crippen molar-refractivity contribution in [3.8, 4) is 0 Å². The number of nitrogens with one attached hydrogen (secondary N) is 1. The number of amides is 3. The molecule has 150 valence electrons. The molecule has 0 unspecified atom stereocenters. The van der Waals surface area contributed by atoms with Gasteiger partial charge in [-0.1, -0.05) is 18.2 Å². The minimum absolute atomic E-state index is 0.0603. The largest absolute Gasteiger partial charge is 0.378 e. The fourth-order valence-electron chi connectivity index (χ4n) is 3.45. The van der Waals surface area contributed by atoms with Gasteiger partial charge in [-0.25, -0.2) is 4.98 Å². The molecule has 29 heavy (non-hydrogen) atoms. The Bertz CT molecular complexity index is 888. The average molecular weight is 394 g/mol. The van der Waals surface area contributed by atoms with Crippen molar-refractivity contribution in [2.24, 2.45) is 0 Å². The SMILES string of the molecule is O=C(CCN1C(=O)c2ccccc2C1=O)NCc1ccc(N2CCOCC2)nc1. The molecule has 0 bridgehead atoms. The maximum absolute atomic E-state index is 12.3. The van der Waals surface area contributed by atoms with Crippen LogP contribution in [0.4, 0.5) is 5.82 Å². The van der Waals surface area contributed by atoms with Crippen molar-refractivity contribution in [1.82, 2.24) is 15.2 Å². The topological polar surface area (TPSA) is 91.8 Å². The van der Waals surface area contributed by atoms with Crippen LogP contribution in [-0.2, 0) is 16.1 Å². The number of rotatable bonds is 6. The number of morpholine rings is 1. The highest BCUT2D eigenvalue weighted by Gasteiger charge is 2.34. The number of imide groups is 1. The van der Waals surface area contributed by atoms with Crippen molar-refractivity contribution >= 4 is 23.5 Å². The Morgan fingerprint density at radius 2 is 1.72 bits per heavy atom. The molecule has 0 radical (unpaired) electrons. The minimum Gasteiger partial charge on any atom is -0.378 e. The molecule has 2 aromatic rings. The summed E-state index contributed by atoms with van der Waals surface area (Å²) in [7, 11) is 0. The molecule has 8 nitrogen and oxygen atoms in total. The van der Waals surface area contributed by atoms with Crippen LogP contribution in [0.25, 0.3) is 0 Å². The van der Waals surface area contributed by atoms with Crippen LogP contribution in [0.3, 0.4) is 0 Å². The van der Waals surface area contributed by atoms with E-state index >= 15 is 0 Å². The molecule has 2 aliphatic rings. The van der Waals surface area contributed by atoms with Crippen LogP contribution in [0, 0.1) is 0 Å². The van der Waals surface area contributed by atoms with E-state index in [4.69, 9.17) is 4.74 Å².